The Labute approximate surface area is 477 Å². The van der Waals surface area contributed by atoms with E-state index >= 15 is 0 Å². The van der Waals surface area contributed by atoms with Crippen LogP contribution in [-0.2, 0) is 67.2 Å². The maximum atomic E-state index is 14.9. The molecule has 0 unspecified atom stereocenters. The highest BCUT2D eigenvalue weighted by molar-refractivity contribution is 8.77. The van der Waals surface area contributed by atoms with Crippen molar-refractivity contribution in [3.63, 3.8) is 0 Å². The van der Waals surface area contributed by atoms with E-state index in [0.717, 1.165) is 21.6 Å². The van der Waals surface area contributed by atoms with E-state index in [2.05, 4.69) is 47.9 Å². The number of phenols is 2. The van der Waals surface area contributed by atoms with Crippen molar-refractivity contribution in [1.82, 2.24) is 47.9 Å². The Balaban J connectivity index is 1.84. The zero-order valence-electron chi connectivity index (χ0n) is 45.5. The molecule has 0 saturated carbocycles. The third kappa shape index (κ3) is 22.5. The number of amides is 10. The lowest BCUT2D eigenvalue weighted by molar-refractivity contribution is -0.135. The number of nitrogens with one attached hydrogen (secondary N) is 9. The SMILES string of the molecule is CC(=O)N[C@@H](Cc1ccc(O)cc1)C(=O)N[C@H]1C(=O)N[C@@H](Cc2ccc(O)cc2)C(=O)NCC(=O)N[C@@H](CO)C(=O)N[C@@H](Cc2ccccc2)C(=O)N[C@H](C(=O)N[C@@H](CCCCN)C(=O)N[C@@H](CCCCN)C(N)=O)CSSC1(C)C. The van der Waals surface area contributed by atoms with Crippen LogP contribution in [0.4, 0.5) is 0 Å². The van der Waals surface area contributed by atoms with Gasteiger partial charge in [-0.1, -0.05) is 76.2 Å². The van der Waals surface area contributed by atoms with Gasteiger partial charge in [-0.05, 0) is 106 Å². The van der Waals surface area contributed by atoms with E-state index in [4.69, 9.17) is 17.2 Å². The summed E-state index contributed by atoms with van der Waals surface area (Å²) in [5, 5.41) is 53.7. The molecule has 1 saturated heterocycles. The van der Waals surface area contributed by atoms with Crippen molar-refractivity contribution in [2.45, 2.75) is 132 Å². The molecule has 1 aliphatic heterocycles. The summed E-state index contributed by atoms with van der Waals surface area (Å²) in [5.41, 5.74) is 18.6. The van der Waals surface area contributed by atoms with Crippen molar-refractivity contribution >= 4 is 80.7 Å². The fourth-order valence-corrected chi connectivity index (χ4v) is 11.2. The van der Waals surface area contributed by atoms with Gasteiger partial charge in [0.05, 0.1) is 13.2 Å². The van der Waals surface area contributed by atoms with Gasteiger partial charge in [-0.15, -0.1) is 0 Å². The molecule has 3 aromatic rings. The lowest BCUT2D eigenvalue weighted by atomic mass is 9.98. The summed E-state index contributed by atoms with van der Waals surface area (Å²) < 4.78 is -1.43. The molecule has 0 bridgehead atoms. The first-order valence-corrected chi connectivity index (χ1v) is 28.7. The molecule has 1 aliphatic rings. The number of carbonyl (C=O) groups is 10. The van der Waals surface area contributed by atoms with Crippen LogP contribution in [0, 0.1) is 0 Å². The molecule has 3 aromatic carbocycles. The van der Waals surface area contributed by atoms with Crippen LogP contribution in [0.25, 0.3) is 0 Å². The van der Waals surface area contributed by atoms with Crippen molar-refractivity contribution in [2.24, 2.45) is 17.2 Å². The molecule has 4 rings (SSSR count). The molecule has 8 atom stereocenters. The first-order valence-electron chi connectivity index (χ1n) is 26.4. The predicted molar refractivity (Wildman–Crippen MR) is 304 cm³/mol. The number of aliphatic hydroxyl groups is 1. The third-order valence-electron chi connectivity index (χ3n) is 12.8. The van der Waals surface area contributed by atoms with E-state index in [1.54, 1.807) is 44.2 Å². The number of phenolic OH excluding ortho intramolecular Hbond substituents is 2. The lowest BCUT2D eigenvalue weighted by Gasteiger charge is -2.35. The van der Waals surface area contributed by atoms with Gasteiger partial charge >= 0.3 is 0 Å². The second-order valence-corrected chi connectivity index (χ2v) is 22.9. The summed E-state index contributed by atoms with van der Waals surface area (Å²) in [6.45, 7) is 3.17. The first kappa shape index (κ1) is 66.1. The van der Waals surface area contributed by atoms with Crippen molar-refractivity contribution in [2.75, 3.05) is 32.0 Å². The zero-order chi connectivity index (χ0) is 59.6. The monoisotopic (exact) mass is 1160 g/mol. The number of benzene rings is 3. The molecule has 442 valence electrons. The Hall–Kier alpha value is -7.46. The van der Waals surface area contributed by atoms with Crippen LogP contribution in [-0.4, -0.2) is 159 Å². The topological polar surface area (TPSA) is 418 Å². The third-order valence-corrected chi connectivity index (χ3v) is 16.1. The fourth-order valence-electron chi connectivity index (χ4n) is 8.36. The molecule has 0 aromatic heterocycles. The minimum Gasteiger partial charge on any atom is -0.508 e. The standard InChI is InChI=1S/C54H76N12O13S2/c1-31(68)59-40(27-34-17-21-36(70)22-18-34)50(76)66-45-53(79)64-39(26-33-15-19-35(69)20-16-33)47(73)58-28-44(71)60-42(29-67)51(77)63-41(25-32-11-5-4-6-12-32)49(75)65-43(30-80-81-54(45,2)3)52(78)62-38(14-8-10-24-56)48(74)61-37(46(57)72)13-7-9-23-55/h4-6,11-12,15-22,37-43,45,67,69-70H,7-10,13-14,23-30,55-56H2,1-3H3,(H2,57,72)(H,58,73)(H,59,68)(H,60,71)(H,61,74)(H,62,78)(H,63,77)(H,64,79)(H,65,75)(H,66,76)/t37-,38-,39-,40-,41-,42-,43-,45-/m0/s1. The molecule has 0 aliphatic carbocycles. The molecule has 18 N–H and O–H groups in total. The van der Waals surface area contributed by atoms with Crippen LogP contribution < -0.4 is 65.1 Å². The maximum Gasteiger partial charge on any atom is 0.245 e. The highest BCUT2D eigenvalue weighted by Crippen LogP contribution is 2.39. The first-order chi connectivity index (χ1) is 38.5. The number of nitrogens with two attached hydrogens (primary N) is 3. The van der Waals surface area contributed by atoms with Crippen molar-refractivity contribution in [3.05, 3.63) is 95.6 Å². The van der Waals surface area contributed by atoms with Gasteiger partial charge in [-0.2, -0.15) is 0 Å². The molecule has 10 amide bonds. The molecule has 1 fully saturated rings. The number of carbonyl (C=O) groups excluding carboxylic acids is 10. The second kappa shape index (κ2) is 33.3. The number of rotatable bonds is 23. The molecule has 0 spiro atoms. The highest BCUT2D eigenvalue weighted by Gasteiger charge is 2.42. The van der Waals surface area contributed by atoms with Crippen LogP contribution >= 0.6 is 21.6 Å². The molecule has 25 nitrogen and oxygen atoms in total. The highest BCUT2D eigenvalue weighted by atomic mass is 33.1. The molecule has 1 heterocycles. The van der Waals surface area contributed by atoms with Gasteiger partial charge in [0.15, 0.2) is 0 Å². The van der Waals surface area contributed by atoms with Gasteiger partial charge in [0.2, 0.25) is 59.1 Å². The van der Waals surface area contributed by atoms with Crippen LogP contribution in [0.15, 0.2) is 78.9 Å². The number of aromatic hydroxyl groups is 2. The largest absolute Gasteiger partial charge is 0.508 e. The molecule has 27 heteroatoms. The zero-order valence-corrected chi connectivity index (χ0v) is 47.1. The average molecular weight is 1170 g/mol. The van der Waals surface area contributed by atoms with Crippen LogP contribution in [0.2, 0.25) is 0 Å². The number of primary amides is 1. The second-order valence-electron chi connectivity index (χ2n) is 19.9. The Bertz CT molecular complexity index is 2620. The fraction of sp³-hybridized carbons (Fsp3) is 0.481. The van der Waals surface area contributed by atoms with Crippen LogP contribution in [0.5, 0.6) is 11.5 Å². The van der Waals surface area contributed by atoms with Gasteiger partial charge in [0.1, 0.15) is 59.8 Å². The smallest absolute Gasteiger partial charge is 0.245 e. The molecule has 0 radical (unpaired) electrons. The van der Waals surface area contributed by atoms with Crippen LogP contribution in [0.1, 0.15) is 76.0 Å². The molecular formula is C54H76N12O13S2. The van der Waals surface area contributed by atoms with Gasteiger partial charge < -0.3 is 80.4 Å². The number of aliphatic hydroxyl groups excluding tert-OH is 1. The van der Waals surface area contributed by atoms with Crippen molar-refractivity contribution in [3.8, 4) is 11.5 Å². The number of hydrogen-bond donors (Lipinski definition) is 15. The van der Waals surface area contributed by atoms with Gasteiger partial charge in [0.25, 0.3) is 0 Å². The summed E-state index contributed by atoms with van der Waals surface area (Å²) in [4.78, 5) is 139. The Morgan fingerprint density at radius 1 is 0.642 bits per heavy atom. The summed E-state index contributed by atoms with van der Waals surface area (Å²) >= 11 is 0. The van der Waals surface area contributed by atoms with Gasteiger partial charge in [-0.25, -0.2) is 0 Å². The van der Waals surface area contributed by atoms with Crippen molar-refractivity contribution in [1.29, 1.82) is 0 Å². The van der Waals surface area contributed by atoms with E-state index in [1.807, 2.05) is 0 Å². The predicted octanol–water partition coefficient (Wildman–Crippen LogP) is -1.95. The summed E-state index contributed by atoms with van der Waals surface area (Å²) in [7, 11) is 1.93. The van der Waals surface area contributed by atoms with E-state index in [9.17, 15) is 63.3 Å². The summed E-state index contributed by atoms with van der Waals surface area (Å²) in [5.74, 6) is -9.11. The quantitative estimate of drug-likeness (QED) is 0.0362. The van der Waals surface area contributed by atoms with E-state index in [1.165, 1.54) is 55.5 Å². The Morgan fingerprint density at radius 3 is 1.75 bits per heavy atom. The molecular weight excluding hydrogens is 1090 g/mol. The van der Waals surface area contributed by atoms with Gasteiger partial charge in [-0.3, -0.25) is 47.9 Å². The lowest BCUT2D eigenvalue weighted by Crippen LogP contribution is -2.63. The minimum absolute atomic E-state index is 0.0358. The van der Waals surface area contributed by atoms with E-state index in [0.29, 0.717) is 48.9 Å². The number of hydrogen-bond acceptors (Lipinski definition) is 17. The van der Waals surface area contributed by atoms with Crippen molar-refractivity contribution < 1.29 is 63.3 Å². The average Bonchev–Trinajstić information content (AvgIpc) is 3.45. The Kier molecular flexibility index (Phi) is 27.2. The minimum atomic E-state index is -1.68. The maximum absolute atomic E-state index is 14.9. The molecule has 81 heavy (non-hydrogen) atoms. The normalized spacial score (nSPS) is 20.5. The Morgan fingerprint density at radius 2 is 1.19 bits per heavy atom. The van der Waals surface area contributed by atoms with E-state index in [-0.39, 0.29) is 55.9 Å². The van der Waals surface area contributed by atoms with E-state index < -0.39 is 125 Å². The summed E-state index contributed by atoms with van der Waals surface area (Å²) in [6, 6.07) is 8.55. The van der Waals surface area contributed by atoms with Gasteiger partial charge in [0, 0.05) is 36.7 Å². The summed E-state index contributed by atoms with van der Waals surface area (Å²) in [6.07, 6.45) is 1.50. The van der Waals surface area contributed by atoms with Crippen LogP contribution in [0.3, 0.4) is 0 Å². The number of unbranched alkanes of at least 4 members (excludes halogenated alkanes) is 2.